The Hall–Kier alpha value is -1.17. The number of aromatic hydroxyl groups is 3. The molecule has 1 aromatic carbocycles. The van der Waals surface area contributed by atoms with E-state index in [-0.39, 0.29) is 51.0 Å². The molecule has 0 aliphatic carbocycles. The molecule has 0 unspecified atom stereocenters. The molecule has 0 bridgehead atoms. The number of ketones is 1. The van der Waals surface area contributed by atoms with E-state index in [1.54, 1.807) is 13.8 Å². The maximum atomic E-state index is 11.7. The molecule has 82 valence electrons. The van der Waals surface area contributed by atoms with Crippen LogP contribution in [-0.4, -0.2) is 37.6 Å². The number of Topliss-reactive ketones (excluding diaryl/α,β-unsaturated/α-hetero) is 1. The summed E-state index contributed by atoms with van der Waals surface area (Å²) in [6.07, 6.45) is 0. The molecule has 0 radical (unpaired) electrons. The summed E-state index contributed by atoms with van der Waals surface area (Å²) in [4.78, 5) is 11.7. The van der Waals surface area contributed by atoms with Crippen LogP contribution in [0.5, 0.6) is 17.2 Å². The molecule has 0 saturated heterocycles. The Bertz CT molecular complexity index is 412. The molecule has 1 aromatic rings. The fraction of sp³-hybridized carbons (Fsp3) is 0.300. The standard InChI is InChI=1S/C10H14GeO4/c1-4(2)9(14)7-5(12)3-6(13)8(11)10(7)15/h3-4,12-13,15H,1-2,11H3. The second-order valence-electron chi connectivity index (χ2n) is 3.78. The average Bonchev–Trinajstić information content (AvgIpc) is 2.14. The van der Waals surface area contributed by atoms with Gasteiger partial charge in [-0.2, -0.15) is 0 Å². The molecule has 15 heavy (non-hydrogen) atoms. The van der Waals surface area contributed by atoms with E-state index in [4.69, 9.17) is 0 Å². The van der Waals surface area contributed by atoms with Crippen LogP contribution in [0.3, 0.4) is 0 Å². The first-order chi connectivity index (χ1) is 6.86. The zero-order valence-corrected chi connectivity index (χ0v) is 13.1. The summed E-state index contributed by atoms with van der Waals surface area (Å²) < 4.78 is 0.379. The van der Waals surface area contributed by atoms with Crippen molar-refractivity contribution in [1.29, 1.82) is 0 Å². The van der Waals surface area contributed by atoms with E-state index in [1.165, 1.54) is 0 Å². The number of carbonyl (C=O) groups is 1. The zero-order valence-electron chi connectivity index (χ0n) is 8.90. The van der Waals surface area contributed by atoms with Crippen molar-refractivity contribution < 1.29 is 20.1 Å². The predicted octanol–water partition coefficient (Wildman–Crippen LogP) is -0.367. The van der Waals surface area contributed by atoms with Crippen LogP contribution in [0.15, 0.2) is 6.07 Å². The van der Waals surface area contributed by atoms with E-state index in [0.717, 1.165) is 6.07 Å². The van der Waals surface area contributed by atoms with Gasteiger partial charge in [0.25, 0.3) is 0 Å². The van der Waals surface area contributed by atoms with Crippen molar-refractivity contribution >= 4 is 26.7 Å². The third-order valence-corrected chi connectivity index (χ3v) is 4.35. The molecule has 0 aliphatic rings. The molecule has 5 heteroatoms. The van der Waals surface area contributed by atoms with Gasteiger partial charge in [-0.05, 0) is 0 Å². The summed E-state index contributed by atoms with van der Waals surface area (Å²) in [5.74, 6) is -1.41. The van der Waals surface area contributed by atoms with Crippen LogP contribution in [0.25, 0.3) is 0 Å². The number of hydrogen-bond donors (Lipinski definition) is 3. The van der Waals surface area contributed by atoms with Crippen LogP contribution < -0.4 is 4.40 Å². The van der Waals surface area contributed by atoms with Crippen molar-refractivity contribution in [1.82, 2.24) is 0 Å². The second-order valence-corrected chi connectivity index (χ2v) is 5.88. The number of phenolic OH excluding ortho intramolecular Hbond substituents is 3. The van der Waals surface area contributed by atoms with Gasteiger partial charge in [0.2, 0.25) is 0 Å². The Kier molecular flexibility index (Phi) is 3.29. The van der Waals surface area contributed by atoms with Crippen LogP contribution >= 0.6 is 0 Å². The normalized spacial score (nSPS) is 10.9. The maximum absolute atomic E-state index is 11.7. The van der Waals surface area contributed by atoms with Crippen LogP contribution in [0, 0.1) is 5.92 Å². The monoisotopic (exact) mass is 272 g/mol. The summed E-state index contributed by atoms with van der Waals surface area (Å²) in [6, 6.07) is 1.11. The number of rotatable bonds is 2. The summed E-state index contributed by atoms with van der Waals surface area (Å²) in [6.45, 7) is 3.37. The average molecular weight is 271 g/mol. The molecule has 0 aromatic heterocycles. The van der Waals surface area contributed by atoms with Gasteiger partial charge < -0.3 is 0 Å². The molecule has 0 amide bonds. The van der Waals surface area contributed by atoms with Gasteiger partial charge in [-0.3, -0.25) is 0 Å². The first-order valence-corrected chi connectivity index (χ1v) is 6.74. The molecule has 0 fully saturated rings. The topological polar surface area (TPSA) is 77.8 Å². The number of hydrogen-bond acceptors (Lipinski definition) is 4. The molecule has 0 atom stereocenters. The molecule has 3 N–H and O–H groups in total. The van der Waals surface area contributed by atoms with E-state index in [0.29, 0.717) is 4.40 Å². The van der Waals surface area contributed by atoms with Crippen LogP contribution in [-0.2, 0) is 0 Å². The first kappa shape index (κ1) is 11.9. The Morgan fingerprint density at radius 1 is 1.27 bits per heavy atom. The van der Waals surface area contributed by atoms with Crippen molar-refractivity contribution in [2.24, 2.45) is 5.92 Å². The van der Waals surface area contributed by atoms with Gasteiger partial charge in [0.1, 0.15) is 0 Å². The third-order valence-electron chi connectivity index (χ3n) is 2.28. The zero-order chi connectivity index (χ0) is 11.7. The SMILES string of the molecule is CC(C)C(=O)c1c(O)cc(O)[c]([GeH3])c1O. The van der Waals surface area contributed by atoms with Crippen LogP contribution in [0.1, 0.15) is 24.2 Å². The quantitative estimate of drug-likeness (QED) is 0.506. The molecule has 4 nitrogen and oxygen atoms in total. The third kappa shape index (κ3) is 2.09. The molecular weight excluding hydrogens is 257 g/mol. The fourth-order valence-corrected chi connectivity index (χ4v) is 2.10. The Labute approximate surface area is 95.8 Å². The van der Waals surface area contributed by atoms with Gasteiger partial charge >= 0.3 is 95.5 Å². The van der Waals surface area contributed by atoms with Gasteiger partial charge in [-0.15, -0.1) is 0 Å². The molecule has 0 saturated carbocycles. The van der Waals surface area contributed by atoms with Gasteiger partial charge in [0.05, 0.1) is 0 Å². The van der Waals surface area contributed by atoms with E-state index >= 15 is 0 Å². The van der Waals surface area contributed by atoms with Crippen molar-refractivity contribution in [2.45, 2.75) is 13.8 Å². The fourth-order valence-electron chi connectivity index (χ4n) is 1.27. The summed E-state index contributed by atoms with van der Waals surface area (Å²) in [5, 5.41) is 28.5. The van der Waals surface area contributed by atoms with E-state index < -0.39 is 0 Å². The first-order valence-electron chi connectivity index (χ1n) is 4.65. The number of benzene rings is 1. The molecular formula is C10H14GeO4. The number of phenols is 3. The Morgan fingerprint density at radius 3 is 2.27 bits per heavy atom. The van der Waals surface area contributed by atoms with E-state index in [1.807, 2.05) is 0 Å². The number of carbonyl (C=O) groups excluding carboxylic acids is 1. The van der Waals surface area contributed by atoms with E-state index in [9.17, 15) is 20.1 Å². The van der Waals surface area contributed by atoms with Crippen molar-refractivity contribution in [2.75, 3.05) is 0 Å². The molecule has 0 spiro atoms. The van der Waals surface area contributed by atoms with Crippen LogP contribution in [0.4, 0.5) is 0 Å². The van der Waals surface area contributed by atoms with E-state index in [2.05, 4.69) is 0 Å². The predicted molar refractivity (Wildman–Crippen MR) is 60.2 cm³/mol. The van der Waals surface area contributed by atoms with Crippen molar-refractivity contribution in [3.63, 3.8) is 0 Å². The summed E-state index contributed by atoms with van der Waals surface area (Å²) >= 11 is 0.0286. The van der Waals surface area contributed by atoms with Gasteiger partial charge in [0.15, 0.2) is 0 Å². The van der Waals surface area contributed by atoms with Gasteiger partial charge in [-0.25, -0.2) is 0 Å². The van der Waals surface area contributed by atoms with Crippen molar-refractivity contribution in [3.05, 3.63) is 11.6 Å². The summed E-state index contributed by atoms with van der Waals surface area (Å²) in [7, 11) is 0. The Morgan fingerprint density at radius 2 is 1.80 bits per heavy atom. The van der Waals surface area contributed by atoms with Crippen LogP contribution in [0.2, 0.25) is 0 Å². The Balaban J connectivity index is 3.43. The van der Waals surface area contributed by atoms with Gasteiger partial charge in [0, 0.05) is 0 Å². The van der Waals surface area contributed by atoms with Crippen molar-refractivity contribution in [3.8, 4) is 17.2 Å². The second kappa shape index (κ2) is 4.14. The summed E-state index contributed by atoms with van der Waals surface area (Å²) in [5.41, 5.74) is -0.0778. The van der Waals surface area contributed by atoms with Gasteiger partial charge in [-0.1, -0.05) is 0 Å². The molecule has 1 rings (SSSR count). The molecule has 0 aliphatic heterocycles. The minimum atomic E-state index is -0.364. The minimum absolute atomic E-state index is 0.0286. The molecule has 0 heterocycles.